The van der Waals surface area contributed by atoms with E-state index in [0.29, 0.717) is 39.5 Å². The van der Waals surface area contributed by atoms with Crippen LogP contribution in [0, 0.1) is 5.82 Å². The second-order valence-electron chi connectivity index (χ2n) is 6.65. The first-order chi connectivity index (χ1) is 12.9. The van der Waals surface area contributed by atoms with Crippen LogP contribution in [0.1, 0.15) is 19.3 Å². The smallest absolute Gasteiger partial charge is 0.411 e. The van der Waals surface area contributed by atoms with E-state index in [1.54, 1.807) is 18.2 Å². The van der Waals surface area contributed by atoms with Crippen LogP contribution in [-0.2, 0) is 4.74 Å². The monoisotopic (exact) mass is 410 g/mol. The summed E-state index contributed by atoms with van der Waals surface area (Å²) in [5, 5.41) is 3.45. The number of nitrogens with one attached hydrogen (secondary N) is 1. The summed E-state index contributed by atoms with van der Waals surface area (Å²) in [6.07, 6.45) is 2.53. The number of ether oxygens (including phenoxy) is 1. The molecule has 3 rings (SSSR count). The zero-order chi connectivity index (χ0) is 19.4. The van der Waals surface area contributed by atoms with E-state index >= 15 is 0 Å². The van der Waals surface area contributed by atoms with Gasteiger partial charge in [-0.1, -0.05) is 29.3 Å². The molecule has 2 aromatic rings. The molecule has 144 valence electrons. The molecule has 1 saturated heterocycles. The van der Waals surface area contributed by atoms with Crippen LogP contribution in [0.15, 0.2) is 36.4 Å². The van der Waals surface area contributed by atoms with Crippen molar-refractivity contribution in [2.75, 3.05) is 25.5 Å². The highest BCUT2D eigenvalue weighted by molar-refractivity contribution is 6.42. The Hall–Kier alpha value is -1.82. The van der Waals surface area contributed by atoms with Crippen molar-refractivity contribution in [3.63, 3.8) is 0 Å². The van der Waals surface area contributed by atoms with E-state index < -0.39 is 11.9 Å². The Bertz CT molecular complexity index is 832. The number of carbonyl (C=O) groups is 1. The first-order valence-corrected chi connectivity index (χ1v) is 9.58. The number of hydrogen-bond donors (Lipinski definition) is 1. The molecule has 1 N–H and O–H groups in total. The normalized spacial score (nSPS) is 17.1. The predicted molar refractivity (Wildman–Crippen MR) is 107 cm³/mol. The number of carbonyl (C=O) groups excluding carboxylic acids is 1. The summed E-state index contributed by atoms with van der Waals surface area (Å²) in [6.45, 7) is 1.42. The van der Waals surface area contributed by atoms with Crippen LogP contribution in [0.2, 0.25) is 10.0 Å². The third kappa shape index (κ3) is 5.12. The molecule has 1 aliphatic rings. The average molecular weight is 411 g/mol. The SMILES string of the molecule is CN1CCCC1CCOC(=O)Nc1ccc(F)cc1-c1ccc(Cl)c(Cl)c1. The highest BCUT2D eigenvalue weighted by Gasteiger charge is 2.21. The molecular weight excluding hydrogens is 390 g/mol. The Morgan fingerprint density at radius 2 is 2.07 bits per heavy atom. The minimum absolute atomic E-state index is 0.337. The molecule has 1 fully saturated rings. The summed E-state index contributed by atoms with van der Waals surface area (Å²) >= 11 is 12.0. The van der Waals surface area contributed by atoms with Crippen LogP contribution in [-0.4, -0.2) is 37.2 Å². The fourth-order valence-electron chi connectivity index (χ4n) is 3.31. The van der Waals surface area contributed by atoms with Gasteiger partial charge in [-0.3, -0.25) is 5.32 Å². The minimum atomic E-state index is -0.566. The molecule has 2 aromatic carbocycles. The van der Waals surface area contributed by atoms with Gasteiger partial charge in [0.2, 0.25) is 0 Å². The number of rotatable bonds is 5. The van der Waals surface area contributed by atoms with Crippen molar-refractivity contribution in [3.8, 4) is 11.1 Å². The fraction of sp³-hybridized carbons (Fsp3) is 0.350. The second kappa shape index (κ2) is 8.91. The van der Waals surface area contributed by atoms with E-state index in [1.165, 1.54) is 24.6 Å². The van der Waals surface area contributed by atoms with Crippen LogP contribution < -0.4 is 5.32 Å². The topological polar surface area (TPSA) is 41.6 Å². The summed E-state index contributed by atoms with van der Waals surface area (Å²) in [5.41, 5.74) is 1.59. The first kappa shape index (κ1) is 19.9. The standard InChI is InChI=1S/C20H21Cl2FN2O2/c1-25-9-2-3-15(25)8-10-27-20(26)24-19-7-5-14(23)12-16(19)13-4-6-17(21)18(22)11-13/h4-7,11-12,15H,2-3,8-10H2,1H3,(H,24,26). The molecule has 0 radical (unpaired) electrons. The van der Waals surface area contributed by atoms with Crippen molar-refractivity contribution in [3.05, 3.63) is 52.3 Å². The molecule has 7 heteroatoms. The summed E-state index contributed by atoms with van der Waals surface area (Å²) < 4.78 is 19.1. The lowest BCUT2D eigenvalue weighted by Crippen LogP contribution is -2.27. The molecule has 1 atom stereocenters. The summed E-state index contributed by atoms with van der Waals surface area (Å²) in [5.74, 6) is -0.417. The summed E-state index contributed by atoms with van der Waals surface area (Å²) in [7, 11) is 2.08. The van der Waals surface area contributed by atoms with E-state index in [9.17, 15) is 9.18 Å². The number of anilines is 1. The van der Waals surface area contributed by atoms with Crippen LogP contribution in [0.5, 0.6) is 0 Å². The zero-order valence-corrected chi connectivity index (χ0v) is 16.5. The fourth-order valence-corrected chi connectivity index (χ4v) is 3.60. The van der Waals surface area contributed by atoms with Gasteiger partial charge in [-0.25, -0.2) is 9.18 Å². The van der Waals surface area contributed by atoms with E-state index in [2.05, 4.69) is 17.3 Å². The highest BCUT2D eigenvalue weighted by atomic mass is 35.5. The molecule has 0 aliphatic carbocycles. The predicted octanol–water partition coefficient (Wildman–Crippen LogP) is 5.83. The van der Waals surface area contributed by atoms with Crippen LogP contribution in [0.4, 0.5) is 14.9 Å². The number of halogens is 3. The number of benzene rings is 2. The van der Waals surface area contributed by atoms with Crippen molar-refractivity contribution >= 4 is 35.0 Å². The van der Waals surface area contributed by atoms with Crippen molar-refractivity contribution in [2.24, 2.45) is 0 Å². The van der Waals surface area contributed by atoms with Crippen LogP contribution in [0.25, 0.3) is 11.1 Å². The van der Waals surface area contributed by atoms with E-state index in [4.69, 9.17) is 27.9 Å². The van der Waals surface area contributed by atoms with Gasteiger partial charge in [-0.05, 0) is 68.8 Å². The maximum atomic E-state index is 13.8. The molecule has 1 heterocycles. The molecule has 1 aliphatic heterocycles. The molecular formula is C20H21Cl2FN2O2. The number of likely N-dealkylation sites (tertiary alicyclic amines) is 1. The van der Waals surface area contributed by atoms with Gasteiger partial charge in [0.25, 0.3) is 0 Å². The summed E-state index contributed by atoms with van der Waals surface area (Å²) in [6, 6.07) is 9.55. The van der Waals surface area contributed by atoms with Gasteiger partial charge in [0.05, 0.1) is 22.3 Å². The van der Waals surface area contributed by atoms with Gasteiger partial charge >= 0.3 is 6.09 Å². The third-order valence-electron chi connectivity index (χ3n) is 4.80. The molecule has 0 aromatic heterocycles. The van der Waals surface area contributed by atoms with E-state index in [0.717, 1.165) is 19.4 Å². The molecule has 0 saturated carbocycles. The molecule has 27 heavy (non-hydrogen) atoms. The van der Waals surface area contributed by atoms with Crippen molar-refractivity contribution < 1.29 is 13.9 Å². The number of hydrogen-bond acceptors (Lipinski definition) is 3. The van der Waals surface area contributed by atoms with Crippen molar-refractivity contribution in [2.45, 2.75) is 25.3 Å². The molecule has 0 bridgehead atoms. The Balaban J connectivity index is 1.67. The average Bonchev–Trinajstić information content (AvgIpc) is 3.04. The lowest BCUT2D eigenvalue weighted by atomic mass is 10.0. The quantitative estimate of drug-likeness (QED) is 0.673. The highest BCUT2D eigenvalue weighted by Crippen LogP contribution is 2.33. The number of amides is 1. The minimum Gasteiger partial charge on any atom is -0.449 e. The van der Waals surface area contributed by atoms with Gasteiger partial charge < -0.3 is 9.64 Å². The number of nitrogens with zero attached hydrogens (tertiary/aromatic N) is 1. The van der Waals surface area contributed by atoms with Gasteiger partial charge in [0, 0.05) is 11.6 Å². The van der Waals surface area contributed by atoms with E-state index in [-0.39, 0.29) is 0 Å². The first-order valence-electron chi connectivity index (χ1n) is 8.83. The Kier molecular flexibility index (Phi) is 6.58. The Morgan fingerprint density at radius 1 is 1.26 bits per heavy atom. The van der Waals surface area contributed by atoms with Crippen LogP contribution >= 0.6 is 23.2 Å². The van der Waals surface area contributed by atoms with Crippen molar-refractivity contribution in [1.82, 2.24) is 4.90 Å². The van der Waals surface area contributed by atoms with Gasteiger partial charge in [0.1, 0.15) is 5.82 Å². The van der Waals surface area contributed by atoms with Crippen LogP contribution in [0.3, 0.4) is 0 Å². The summed E-state index contributed by atoms with van der Waals surface area (Å²) in [4.78, 5) is 14.5. The Labute approximate surface area is 168 Å². The lowest BCUT2D eigenvalue weighted by Gasteiger charge is -2.19. The largest absolute Gasteiger partial charge is 0.449 e. The van der Waals surface area contributed by atoms with Gasteiger partial charge in [-0.15, -0.1) is 0 Å². The molecule has 1 amide bonds. The van der Waals surface area contributed by atoms with Gasteiger partial charge in [0.15, 0.2) is 0 Å². The molecule has 1 unspecified atom stereocenters. The van der Waals surface area contributed by atoms with Gasteiger partial charge in [-0.2, -0.15) is 0 Å². The van der Waals surface area contributed by atoms with E-state index in [1.807, 2.05) is 0 Å². The maximum Gasteiger partial charge on any atom is 0.411 e. The van der Waals surface area contributed by atoms with Crippen molar-refractivity contribution in [1.29, 1.82) is 0 Å². The Morgan fingerprint density at radius 3 is 2.78 bits per heavy atom. The zero-order valence-electron chi connectivity index (χ0n) is 15.0. The molecule has 4 nitrogen and oxygen atoms in total. The molecule has 0 spiro atoms. The maximum absolute atomic E-state index is 13.8. The second-order valence-corrected chi connectivity index (χ2v) is 7.46. The third-order valence-corrected chi connectivity index (χ3v) is 5.54. The lowest BCUT2D eigenvalue weighted by molar-refractivity contribution is 0.147.